The summed E-state index contributed by atoms with van der Waals surface area (Å²) in [6.45, 7) is 1.45. The smallest absolute Gasteiger partial charge is 0.228 e. The molecule has 0 aromatic carbocycles. The predicted molar refractivity (Wildman–Crippen MR) is 93.2 cm³/mol. The summed E-state index contributed by atoms with van der Waals surface area (Å²) in [5.74, 6) is 0.755. The van der Waals surface area contributed by atoms with Gasteiger partial charge in [0.1, 0.15) is 5.65 Å². The van der Waals surface area contributed by atoms with Crippen molar-refractivity contribution in [2.75, 3.05) is 6.54 Å². The maximum absolute atomic E-state index is 12.9. The topological polar surface area (TPSA) is 66.3 Å². The fourth-order valence-electron chi connectivity index (χ4n) is 3.93. The van der Waals surface area contributed by atoms with Gasteiger partial charge in [0.25, 0.3) is 0 Å². The summed E-state index contributed by atoms with van der Waals surface area (Å²) in [5.41, 5.74) is 5.52. The number of fused-ring (bicyclic) bond motifs is 2. The Morgan fingerprint density at radius 3 is 3.08 bits per heavy atom. The summed E-state index contributed by atoms with van der Waals surface area (Å²) in [5, 5.41) is 7.76. The standard InChI is InChI=1S/C19H21N5O/c25-18(10-14-11-20-17-6-1-2-8-24(14)17)23-9-7-16-15(12-23)19(22-21-16)13-4-3-5-13/h1-2,6,8,11,13H,3-5,7,9-10,12H2,(H,21,22). The third-order valence-corrected chi connectivity index (χ3v) is 5.64. The van der Waals surface area contributed by atoms with E-state index in [4.69, 9.17) is 0 Å². The lowest BCUT2D eigenvalue weighted by atomic mass is 9.81. The molecule has 5 rings (SSSR count). The molecule has 25 heavy (non-hydrogen) atoms. The molecule has 3 aromatic rings. The first-order valence-corrected chi connectivity index (χ1v) is 9.04. The molecule has 6 heteroatoms. The highest BCUT2D eigenvalue weighted by atomic mass is 16.2. The van der Waals surface area contributed by atoms with E-state index in [0.29, 0.717) is 18.9 Å². The second-order valence-corrected chi connectivity index (χ2v) is 7.11. The van der Waals surface area contributed by atoms with Gasteiger partial charge in [0.05, 0.1) is 17.8 Å². The Morgan fingerprint density at radius 2 is 2.24 bits per heavy atom. The van der Waals surface area contributed by atoms with Gasteiger partial charge in [-0.15, -0.1) is 0 Å². The highest BCUT2D eigenvalue weighted by molar-refractivity contribution is 5.79. The average Bonchev–Trinajstić information content (AvgIpc) is 3.18. The molecule has 0 bridgehead atoms. The molecule has 0 saturated heterocycles. The summed E-state index contributed by atoms with van der Waals surface area (Å²) in [6, 6.07) is 5.88. The molecule has 0 spiro atoms. The molecule has 1 amide bonds. The van der Waals surface area contributed by atoms with E-state index in [9.17, 15) is 4.79 Å². The minimum Gasteiger partial charge on any atom is -0.338 e. The van der Waals surface area contributed by atoms with Gasteiger partial charge in [0, 0.05) is 49.1 Å². The number of aromatic amines is 1. The van der Waals surface area contributed by atoms with Crippen molar-refractivity contribution in [2.45, 2.75) is 44.6 Å². The van der Waals surface area contributed by atoms with E-state index >= 15 is 0 Å². The average molecular weight is 335 g/mol. The fourth-order valence-corrected chi connectivity index (χ4v) is 3.93. The maximum Gasteiger partial charge on any atom is 0.228 e. The van der Waals surface area contributed by atoms with E-state index in [2.05, 4.69) is 15.2 Å². The van der Waals surface area contributed by atoms with Crippen LogP contribution in [0.15, 0.2) is 30.6 Å². The first kappa shape index (κ1) is 14.7. The van der Waals surface area contributed by atoms with Crippen LogP contribution in [0.5, 0.6) is 0 Å². The summed E-state index contributed by atoms with van der Waals surface area (Å²) < 4.78 is 1.99. The molecule has 1 aliphatic heterocycles. The number of hydrogen-bond acceptors (Lipinski definition) is 3. The van der Waals surface area contributed by atoms with Gasteiger partial charge in [-0.1, -0.05) is 12.5 Å². The van der Waals surface area contributed by atoms with Crippen molar-refractivity contribution >= 4 is 11.6 Å². The number of hydrogen-bond donors (Lipinski definition) is 1. The van der Waals surface area contributed by atoms with Crippen molar-refractivity contribution in [3.8, 4) is 0 Å². The van der Waals surface area contributed by atoms with Crippen LogP contribution < -0.4 is 0 Å². The predicted octanol–water partition coefficient (Wildman–Crippen LogP) is 2.45. The number of H-pyrrole nitrogens is 1. The van der Waals surface area contributed by atoms with Gasteiger partial charge >= 0.3 is 0 Å². The Labute approximate surface area is 145 Å². The number of amides is 1. The number of aromatic nitrogens is 4. The molecule has 3 aromatic heterocycles. The molecule has 1 fully saturated rings. The fraction of sp³-hybridized carbons (Fsp3) is 0.421. The Balaban J connectivity index is 1.35. The molecular formula is C19H21N5O. The Bertz CT molecular complexity index is 936. The first-order valence-electron chi connectivity index (χ1n) is 9.04. The van der Waals surface area contributed by atoms with Crippen LogP contribution in [0.2, 0.25) is 0 Å². The zero-order chi connectivity index (χ0) is 16.8. The monoisotopic (exact) mass is 335 g/mol. The van der Waals surface area contributed by atoms with E-state index in [-0.39, 0.29) is 5.91 Å². The van der Waals surface area contributed by atoms with E-state index in [0.717, 1.165) is 24.3 Å². The van der Waals surface area contributed by atoms with Gasteiger partial charge in [-0.25, -0.2) is 4.98 Å². The minimum absolute atomic E-state index is 0.164. The van der Waals surface area contributed by atoms with Crippen LogP contribution in [0.1, 0.15) is 47.8 Å². The van der Waals surface area contributed by atoms with Crippen molar-refractivity contribution in [1.82, 2.24) is 24.5 Å². The second kappa shape index (κ2) is 5.72. The lowest BCUT2D eigenvalue weighted by Gasteiger charge is -2.30. The highest BCUT2D eigenvalue weighted by Crippen LogP contribution is 2.38. The Kier molecular flexibility index (Phi) is 3.36. The van der Waals surface area contributed by atoms with Gasteiger partial charge in [0.2, 0.25) is 5.91 Å². The molecule has 2 aliphatic rings. The number of imidazole rings is 1. The number of pyridine rings is 1. The largest absolute Gasteiger partial charge is 0.338 e. The van der Waals surface area contributed by atoms with Crippen LogP contribution in [0.4, 0.5) is 0 Å². The molecule has 1 N–H and O–H groups in total. The molecule has 128 valence electrons. The van der Waals surface area contributed by atoms with E-state index < -0.39 is 0 Å². The summed E-state index contributed by atoms with van der Waals surface area (Å²) in [4.78, 5) is 19.2. The number of nitrogens with zero attached hydrogens (tertiary/aromatic N) is 4. The molecule has 1 aliphatic carbocycles. The number of rotatable bonds is 3. The molecule has 0 unspecified atom stereocenters. The molecule has 0 radical (unpaired) electrons. The number of carbonyl (C=O) groups is 1. The lowest BCUT2D eigenvalue weighted by molar-refractivity contribution is -0.131. The van der Waals surface area contributed by atoms with Gasteiger partial charge in [-0.3, -0.25) is 9.89 Å². The van der Waals surface area contributed by atoms with Gasteiger partial charge in [-0.05, 0) is 25.0 Å². The van der Waals surface area contributed by atoms with Gasteiger partial charge in [0.15, 0.2) is 0 Å². The van der Waals surface area contributed by atoms with Crippen LogP contribution in [-0.4, -0.2) is 36.9 Å². The molecule has 0 atom stereocenters. The minimum atomic E-state index is 0.164. The van der Waals surface area contributed by atoms with Crippen LogP contribution in [0.25, 0.3) is 5.65 Å². The van der Waals surface area contributed by atoms with Gasteiger partial charge < -0.3 is 9.30 Å². The normalized spacial score (nSPS) is 17.5. The highest BCUT2D eigenvalue weighted by Gasteiger charge is 2.30. The quantitative estimate of drug-likeness (QED) is 0.799. The number of carbonyl (C=O) groups excluding carboxylic acids is 1. The third-order valence-electron chi connectivity index (χ3n) is 5.64. The molecule has 1 saturated carbocycles. The molecule has 4 heterocycles. The Morgan fingerprint density at radius 1 is 1.32 bits per heavy atom. The van der Waals surface area contributed by atoms with Crippen molar-refractivity contribution in [3.05, 3.63) is 53.2 Å². The summed E-state index contributed by atoms with van der Waals surface area (Å²) in [6.07, 6.45) is 8.78. The van der Waals surface area contributed by atoms with Crippen molar-refractivity contribution in [3.63, 3.8) is 0 Å². The lowest BCUT2D eigenvalue weighted by Crippen LogP contribution is -2.37. The number of nitrogens with one attached hydrogen (secondary N) is 1. The first-order chi connectivity index (χ1) is 12.3. The van der Waals surface area contributed by atoms with Crippen LogP contribution in [-0.2, 0) is 24.2 Å². The van der Waals surface area contributed by atoms with E-state index in [1.165, 1.54) is 36.2 Å². The van der Waals surface area contributed by atoms with Crippen LogP contribution >= 0.6 is 0 Å². The second-order valence-electron chi connectivity index (χ2n) is 7.11. The maximum atomic E-state index is 12.9. The third kappa shape index (κ3) is 2.44. The van der Waals surface area contributed by atoms with Gasteiger partial charge in [-0.2, -0.15) is 5.10 Å². The van der Waals surface area contributed by atoms with Crippen LogP contribution in [0.3, 0.4) is 0 Å². The van der Waals surface area contributed by atoms with E-state index in [1.807, 2.05) is 33.7 Å². The summed E-state index contributed by atoms with van der Waals surface area (Å²) >= 11 is 0. The zero-order valence-electron chi connectivity index (χ0n) is 14.1. The molecule has 6 nitrogen and oxygen atoms in total. The van der Waals surface area contributed by atoms with Crippen molar-refractivity contribution < 1.29 is 4.79 Å². The zero-order valence-corrected chi connectivity index (χ0v) is 14.1. The van der Waals surface area contributed by atoms with Crippen molar-refractivity contribution in [2.24, 2.45) is 0 Å². The Hall–Kier alpha value is -2.63. The SMILES string of the molecule is O=C(Cc1cnc2ccccn12)N1CCc2[nH]nc(C3CCC3)c2C1. The molecular weight excluding hydrogens is 314 g/mol. The van der Waals surface area contributed by atoms with Crippen molar-refractivity contribution in [1.29, 1.82) is 0 Å². The summed E-state index contributed by atoms with van der Waals surface area (Å²) in [7, 11) is 0. The van der Waals surface area contributed by atoms with Crippen LogP contribution in [0, 0.1) is 0 Å². The van der Waals surface area contributed by atoms with E-state index in [1.54, 1.807) is 6.20 Å².